The molecule has 1 atom stereocenters. The Morgan fingerprint density at radius 2 is 2.22 bits per heavy atom. The van der Waals surface area contributed by atoms with Crippen LogP contribution in [0, 0.1) is 18.8 Å². The number of fused-ring (bicyclic) bond motifs is 3. The van der Waals surface area contributed by atoms with E-state index in [2.05, 4.69) is 22.1 Å². The van der Waals surface area contributed by atoms with E-state index in [1.54, 1.807) is 10.7 Å². The van der Waals surface area contributed by atoms with E-state index in [4.69, 9.17) is 15.0 Å². The molecule has 1 unspecified atom stereocenters. The zero-order chi connectivity index (χ0) is 19.0. The number of hydrogen-bond donors (Lipinski definition) is 1. The van der Waals surface area contributed by atoms with Crippen LogP contribution in [0.2, 0.25) is 0 Å². The first kappa shape index (κ1) is 16.9. The zero-order valence-corrected chi connectivity index (χ0v) is 15.0. The van der Waals surface area contributed by atoms with Crippen LogP contribution in [0.1, 0.15) is 46.0 Å². The Morgan fingerprint density at radius 3 is 2.96 bits per heavy atom. The Balaban J connectivity index is 1.70. The normalized spacial score (nSPS) is 15.0. The number of carbonyl (C=O) groups excluding carboxylic acids is 1. The van der Waals surface area contributed by atoms with Crippen molar-refractivity contribution in [3.63, 3.8) is 0 Å². The molecule has 0 saturated heterocycles. The van der Waals surface area contributed by atoms with Gasteiger partial charge in [-0.25, -0.2) is 4.68 Å². The molecule has 1 aliphatic heterocycles. The van der Waals surface area contributed by atoms with Crippen LogP contribution in [0.15, 0.2) is 34.9 Å². The molecule has 2 N–H and O–H groups in total. The van der Waals surface area contributed by atoms with E-state index in [1.165, 1.54) is 0 Å². The molecule has 0 spiro atoms. The number of amides is 1. The van der Waals surface area contributed by atoms with Crippen molar-refractivity contribution in [1.29, 1.82) is 0 Å². The van der Waals surface area contributed by atoms with Gasteiger partial charge in [-0.15, -0.1) is 0 Å². The van der Waals surface area contributed by atoms with E-state index in [0.29, 0.717) is 18.8 Å². The first-order valence-corrected chi connectivity index (χ1v) is 8.59. The highest BCUT2D eigenvalue weighted by atomic mass is 16.5. The van der Waals surface area contributed by atoms with E-state index in [1.807, 2.05) is 38.1 Å². The standard InChI is InChI=1S/C20H18N4O3/c1-12-11-26-19-7-6-14(4-3-5-15-8-13(2)27-23-15)9-18(19)24-17(12)10-16(22-24)20(21)25/h6-10,12H,5,11H2,1-2H3,(H2,21,25). The summed E-state index contributed by atoms with van der Waals surface area (Å²) in [5, 5.41) is 8.30. The molecule has 4 rings (SSSR count). The van der Waals surface area contributed by atoms with Crippen LogP contribution in [-0.2, 0) is 6.42 Å². The molecule has 7 nitrogen and oxygen atoms in total. The quantitative estimate of drug-likeness (QED) is 0.706. The molecule has 1 aromatic carbocycles. The number of aryl methyl sites for hydroxylation is 1. The molecule has 0 aliphatic carbocycles. The van der Waals surface area contributed by atoms with Gasteiger partial charge in [-0.3, -0.25) is 4.79 Å². The average molecular weight is 362 g/mol. The largest absolute Gasteiger partial charge is 0.491 e. The lowest BCUT2D eigenvalue weighted by Crippen LogP contribution is -2.12. The fourth-order valence-electron chi connectivity index (χ4n) is 2.98. The van der Waals surface area contributed by atoms with E-state index in [0.717, 1.165) is 28.4 Å². The van der Waals surface area contributed by atoms with E-state index >= 15 is 0 Å². The Morgan fingerprint density at radius 1 is 1.37 bits per heavy atom. The Labute approximate surface area is 156 Å². The summed E-state index contributed by atoms with van der Waals surface area (Å²) >= 11 is 0. The molecule has 27 heavy (non-hydrogen) atoms. The molecule has 0 bridgehead atoms. The predicted molar refractivity (Wildman–Crippen MR) is 97.8 cm³/mol. The fraction of sp³-hybridized carbons (Fsp3) is 0.250. The van der Waals surface area contributed by atoms with Gasteiger partial charge in [0.2, 0.25) is 0 Å². The summed E-state index contributed by atoms with van der Waals surface area (Å²) in [5.41, 5.74) is 8.87. The molecular formula is C20H18N4O3. The molecule has 0 saturated carbocycles. The summed E-state index contributed by atoms with van der Waals surface area (Å²) in [6.45, 7) is 4.36. The zero-order valence-electron chi connectivity index (χ0n) is 15.0. The van der Waals surface area contributed by atoms with Crippen molar-refractivity contribution in [2.75, 3.05) is 6.61 Å². The molecule has 0 radical (unpaired) electrons. The van der Waals surface area contributed by atoms with Gasteiger partial charge in [0.1, 0.15) is 17.2 Å². The molecule has 3 aromatic rings. The fourth-order valence-corrected chi connectivity index (χ4v) is 2.98. The molecule has 136 valence electrons. The molecule has 3 heterocycles. The van der Waals surface area contributed by atoms with Crippen LogP contribution in [0.4, 0.5) is 0 Å². The third-order valence-electron chi connectivity index (χ3n) is 4.35. The monoisotopic (exact) mass is 362 g/mol. The number of nitrogens with two attached hydrogens (primary N) is 1. The summed E-state index contributed by atoms with van der Waals surface area (Å²) in [6, 6.07) is 9.25. The summed E-state index contributed by atoms with van der Waals surface area (Å²) in [4.78, 5) is 11.5. The number of carbonyl (C=O) groups is 1. The molecule has 1 amide bonds. The first-order valence-electron chi connectivity index (χ1n) is 8.59. The first-order chi connectivity index (χ1) is 13.0. The second kappa shape index (κ2) is 6.65. The van der Waals surface area contributed by atoms with Crippen LogP contribution in [0.5, 0.6) is 5.75 Å². The minimum absolute atomic E-state index is 0.0722. The third kappa shape index (κ3) is 3.29. The maximum absolute atomic E-state index is 11.5. The highest BCUT2D eigenvalue weighted by Crippen LogP contribution is 2.32. The van der Waals surface area contributed by atoms with Crippen LogP contribution < -0.4 is 10.5 Å². The van der Waals surface area contributed by atoms with Gasteiger partial charge < -0.3 is 15.0 Å². The summed E-state index contributed by atoms with van der Waals surface area (Å²) in [5.74, 6) is 7.19. The summed E-state index contributed by atoms with van der Waals surface area (Å²) < 4.78 is 12.6. The van der Waals surface area contributed by atoms with Gasteiger partial charge in [0.25, 0.3) is 5.91 Å². The van der Waals surface area contributed by atoms with Gasteiger partial charge in [0.15, 0.2) is 5.69 Å². The summed E-state index contributed by atoms with van der Waals surface area (Å²) in [7, 11) is 0. The minimum atomic E-state index is -0.552. The van der Waals surface area contributed by atoms with Crippen molar-refractivity contribution >= 4 is 5.91 Å². The highest BCUT2D eigenvalue weighted by Gasteiger charge is 2.24. The Bertz CT molecular complexity index is 1080. The Kier molecular flexibility index (Phi) is 4.16. The van der Waals surface area contributed by atoms with Crippen molar-refractivity contribution in [2.24, 2.45) is 5.73 Å². The van der Waals surface area contributed by atoms with Crippen LogP contribution in [0.25, 0.3) is 5.69 Å². The molecule has 2 aromatic heterocycles. The summed E-state index contributed by atoms with van der Waals surface area (Å²) in [6.07, 6.45) is 0.501. The topological polar surface area (TPSA) is 96.2 Å². The van der Waals surface area contributed by atoms with Gasteiger partial charge >= 0.3 is 0 Å². The van der Waals surface area contributed by atoms with Crippen molar-refractivity contribution in [3.8, 4) is 23.3 Å². The lowest BCUT2D eigenvalue weighted by atomic mass is 10.1. The number of primary amides is 1. The number of hydrogen-bond acceptors (Lipinski definition) is 5. The van der Waals surface area contributed by atoms with Gasteiger partial charge in [0, 0.05) is 17.5 Å². The van der Waals surface area contributed by atoms with Gasteiger partial charge in [-0.1, -0.05) is 23.9 Å². The van der Waals surface area contributed by atoms with E-state index in [9.17, 15) is 4.79 Å². The predicted octanol–water partition coefficient (Wildman–Crippen LogP) is 2.36. The third-order valence-corrected chi connectivity index (χ3v) is 4.35. The lowest BCUT2D eigenvalue weighted by molar-refractivity contribution is 0.0995. The van der Waals surface area contributed by atoms with Crippen molar-refractivity contribution in [2.45, 2.75) is 26.2 Å². The number of aromatic nitrogens is 3. The number of benzene rings is 1. The second-order valence-corrected chi connectivity index (χ2v) is 6.53. The molecule has 7 heteroatoms. The highest BCUT2D eigenvalue weighted by molar-refractivity contribution is 5.91. The van der Waals surface area contributed by atoms with Crippen LogP contribution in [0.3, 0.4) is 0 Å². The average Bonchev–Trinajstić information content (AvgIpc) is 3.24. The second-order valence-electron chi connectivity index (χ2n) is 6.53. The molecular weight excluding hydrogens is 344 g/mol. The lowest BCUT2D eigenvalue weighted by Gasteiger charge is -2.08. The minimum Gasteiger partial charge on any atom is -0.491 e. The van der Waals surface area contributed by atoms with Crippen molar-refractivity contribution in [3.05, 3.63) is 58.7 Å². The van der Waals surface area contributed by atoms with E-state index < -0.39 is 5.91 Å². The molecule has 1 aliphatic rings. The van der Waals surface area contributed by atoms with Gasteiger partial charge in [0.05, 0.1) is 24.4 Å². The van der Waals surface area contributed by atoms with Gasteiger partial charge in [-0.2, -0.15) is 5.10 Å². The number of rotatable bonds is 2. The Hall–Kier alpha value is -3.53. The van der Waals surface area contributed by atoms with Crippen LogP contribution >= 0.6 is 0 Å². The van der Waals surface area contributed by atoms with E-state index in [-0.39, 0.29) is 11.6 Å². The number of ether oxygens (including phenoxy) is 1. The van der Waals surface area contributed by atoms with Crippen molar-refractivity contribution < 1.29 is 14.1 Å². The number of nitrogens with zero attached hydrogens (tertiary/aromatic N) is 3. The van der Waals surface area contributed by atoms with Gasteiger partial charge in [-0.05, 0) is 31.2 Å². The SMILES string of the molecule is Cc1cc(CC#Cc2ccc3c(c2)-n2nc(C(N)=O)cc2C(C)CO3)no1. The molecule has 0 fully saturated rings. The van der Waals surface area contributed by atoms with Crippen molar-refractivity contribution in [1.82, 2.24) is 14.9 Å². The maximum Gasteiger partial charge on any atom is 0.269 e. The maximum atomic E-state index is 11.5. The van der Waals surface area contributed by atoms with Crippen LogP contribution in [-0.4, -0.2) is 27.5 Å². The smallest absolute Gasteiger partial charge is 0.269 e.